The number of rotatable bonds is 8. The van der Waals surface area contributed by atoms with Gasteiger partial charge in [0, 0.05) is 9.26 Å². The van der Waals surface area contributed by atoms with Gasteiger partial charge in [-0.15, -0.1) is 21.5 Å². The highest BCUT2D eigenvalue weighted by Crippen LogP contribution is 2.23. The maximum Gasteiger partial charge on any atom is 0.257 e. The molecule has 0 saturated heterocycles. The third-order valence-corrected chi connectivity index (χ3v) is 5.10. The number of nitrogens with one attached hydrogen (secondary N) is 1. The van der Waals surface area contributed by atoms with Crippen molar-refractivity contribution in [2.24, 2.45) is 0 Å². The molecule has 0 fully saturated rings. The fourth-order valence-electron chi connectivity index (χ4n) is 2.51. The second-order valence-corrected chi connectivity index (χ2v) is 7.94. The smallest absolute Gasteiger partial charge is 0.257 e. The van der Waals surface area contributed by atoms with Gasteiger partial charge >= 0.3 is 0 Å². The quantitative estimate of drug-likeness (QED) is 0.486. The summed E-state index contributed by atoms with van der Waals surface area (Å²) in [5.41, 5.74) is 0.802. The molecule has 0 spiro atoms. The van der Waals surface area contributed by atoms with E-state index in [4.69, 9.17) is 4.42 Å². The van der Waals surface area contributed by atoms with Crippen LogP contribution in [0.2, 0.25) is 0 Å². The third kappa shape index (κ3) is 5.36. The van der Waals surface area contributed by atoms with E-state index in [9.17, 15) is 4.79 Å². The van der Waals surface area contributed by atoms with Crippen LogP contribution in [0.15, 0.2) is 46.2 Å². The fourth-order valence-corrected chi connectivity index (χ4v) is 3.70. The minimum atomic E-state index is -0.0570. The number of carbonyl (C=O) groups excluding carboxylic acids is 1. The molecule has 0 bridgehead atoms. The maximum atomic E-state index is 12.4. The van der Waals surface area contributed by atoms with Crippen LogP contribution in [0.4, 0.5) is 5.69 Å². The van der Waals surface area contributed by atoms with E-state index in [1.165, 1.54) is 0 Å². The summed E-state index contributed by atoms with van der Waals surface area (Å²) >= 11 is 3.78. The summed E-state index contributed by atoms with van der Waals surface area (Å²) in [4.78, 5) is 15.3. The minimum Gasteiger partial charge on any atom is -0.419 e. The first-order valence-electron chi connectivity index (χ1n) is 8.28. The van der Waals surface area contributed by atoms with Crippen LogP contribution in [0, 0.1) is 3.57 Å². The van der Waals surface area contributed by atoms with Crippen molar-refractivity contribution in [3.63, 3.8) is 0 Å². The van der Waals surface area contributed by atoms with Crippen molar-refractivity contribution in [2.45, 2.75) is 19.9 Å². The highest BCUT2D eigenvalue weighted by Gasteiger charge is 2.16. The van der Waals surface area contributed by atoms with Crippen LogP contribution in [0.1, 0.15) is 19.2 Å². The predicted molar refractivity (Wildman–Crippen MR) is 111 cm³/mol. The number of amides is 1. The lowest BCUT2D eigenvalue weighted by molar-refractivity contribution is -0.117. The van der Waals surface area contributed by atoms with Gasteiger partial charge in [0.1, 0.15) is 0 Å². The van der Waals surface area contributed by atoms with Crippen LogP contribution >= 0.6 is 33.9 Å². The molecule has 0 radical (unpaired) electrons. The van der Waals surface area contributed by atoms with E-state index in [1.807, 2.05) is 46.7 Å². The van der Waals surface area contributed by atoms with Crippen molar-refractivity contribution < 1.29 is 9.21 Å². The molecular formula is C18H19IN4O2S. The summed E-state index contributed by atoms with van der Waals surface area (Å²) in [6, 6.07) is 11.6. The van der Waals surface area contributed by atoms with Crippen molar-refractivity contribution in [2.75, 3.05) is 18.4 Å². The number of nitrogens with zero attached hydrogens (tertiary/aromatic N) is 3. The Labute approximate surface area is 169 Å². The normalized spacial score (nSPS) is 11.0. The van der Waals surface area contributed by atoms with Gasteiger partial charge in [0.15, 0.2) is 0 Å². The second kappa shape index (κ2) is 9.24. The molecule has 2 heterocycles. The lowest BCUT2D eigenvalue weighted by Crippen LogP contribution is -2.33. The summed E-state index contributed by atoms with van der Waals surface area (Å²) in [5.74, 6) is 0.983. The van der Waals surface area contributed by atoms with Gasteiger partial charge in [-0.1, -0.05) is 19.1 Å². The van der Waals surface area contributed by atoms with Crippen LogP contribution in [0.25, 0.3) is 10.8 Å². The van der Waals surface area contributed by atoms with Crippen molar-refractivity contribution >= 4 is 45.5 Å². The average molecular weight is 482 g/mol. The molecule has 0 aliphatic heterocycles. The molecule has 136 valence electrons. The van der Waals surface area contributed by atoms with Gasteiger partial charge < -0.3 is 9.73 Å². The van der Waals surface area contributed by atoms with Gasteiger partial charge in [-0.25, -0.2) is 0 Å². The summed E-state index contributed by atoms with van der Waals surface area (Å²) in [5, 5.41) is 13.1. The molecule has 0 aliphatic rings. The molecule has 0 atom stereocenters. The Morgan fingerprint density at radius 3 is 2.92 bits per heavy atom. The van der Waals surface area contributed by atoms with Crippen LogP contribution in [0.5, 0.6) is 0 Å². The van der Waals surface area contributed by atoms with Crippen LogP contribution < -0.4 is 5.32 Å². The number of thiophene rings is 1. The zero-order valence-corrected chi connectivity index (χ0v) is 17.3. The second-order valence-electron chi connectivity index (χ2n) is 5.75. The van der Waals surface area contributed by atoms with Crippen LogP contribution in [0.3, 0.4) is 0 Å². The maximum absolute atomic E-state index is 12.4. The molecule has 3 rings (SSSR count). The Kier molecular flexibility index (Phi) is 6.75. The summed E-state index contributed by atoms with van der Waals surface area (Å²) in [6.07, 6.45) is 0.933. The largest absolute Gasteiger partial charge is 0.419 e. The molecule has 1 aromatic carbocycles. The third-order valence-electron chi connectivity index (χ3n) is 3.57. The molecule has 0 aliphatic carbocycles. The Hall–Kier alpha value is -1.78. The number of hydrogen-bond acceptors (Lipinski definition) is 6. The molecule has 26 heavy (non-hydrogen) atoms. The molecule has 6 nitrogen and oxygen atoms in total. The molecule has 0 unspecified atom stereocenters. The van der Waals surface area contributed by atoms with Gasteiger partial charge in [-0.2, -0.15) is 0 Å². The van der Waals surface area contributed by atoms with E-state index < -0.39 is 0 Å². The number of halogens is 1. The highest BCUT2D eigenvalue weighted by molar-refractivity contribution is 14.1. The number of benzene rings is 1. The van der Waals surface area contributed by atoms with Crippen molar-refractivity contribution in [3.8, 4) is 10.8 Å². The summed E-state index contributed by atoms with van der Waals surface area (Å²) < 4.78 is 6.82. The fraction of sp³-hybridized carbons (Fsp3) is 0.278. The summed E-state index contributed by atoms with van der Waals surface area (Å²) in [7, 11) is 0. The zero-order chi connectivity index (χ0) is 18.4. The highest BCUT2D eigenvalue weighted by atomic mass is 127. The van der Waals surface area contributed by atoms with Crippen LogP contribution in [-0.4, -0.2) is 34.1 Å². The molecule has 1 amide bonds. The number of anilines is 1. The monoisotopic (exact) mass is 482 g/mol. The molecule has 8 heteroatoms. The van der Waals surface area contributed by atoms with E-state index in [-0.39, 0.29) is 12.5 Å². The van der Waals surface area contributed by atoms with E-state index >= 15 is 0 Å². The lowest BCUT2D eigenvalue weighted by Gasteiger charge is -2.19. The number of aromatic nitrogens is 2. The first-order valence-corrected chi connectivity index (χ1v) is 10.2. The number of carbonyl (C=O) groups is 1. The van der Waals surface area contributed by atoms with Gasteiger partial charge in [-0.05, 0) is 65.2 Å². The first-order chi connectivity index (χ1) is 12.6. The molecule has 2 aromatic heterocycles. The van der Waals surface area contributed by atoms with Crippen molar-refractivity contribution in [1.82, 2.24) is 15.1 Å². The van der Waals surface area contributed by atoms with E-state index in [0.717, 1.165) is 27.1 Å². The van der Waals surface area contributed by atoms with Gasteiger partial charge in [0.2, 0.25) is 11.8 Å². The van der Waals surface area contributed by atoms with Gasteiger partial charge in [0.25, 0.3) is 5.89 Å². The van der Waals surface area contributed by atoms with Crippen molar-refractivity contribution in [1.29, 1.82) is 0 Å². The Morgan fingerprint density at radius 2 is 2.19 bits per heavy atom. The molecular weight excluding hydrogens is 463 g/mol. The SMILES string of the molecule is CCCN(CC(=O)Nc1cccc(I)c1)Cc1nnc(-c2cccs2)o1. The Morgan fingerprint density at radius 1 is 1.31 bits per heavy atom. The lowest BCUT2D eigenvalue weighted by atomic mass is 10.3. The minimum absolute atomic E-state index is 0.0570. The van der Waals surface area contributed by atoms with Crippen LogP contribution in [-0.2, 0) is 11.3 Å². The average Bonchev–Trinajstić information content (AvgIpc) is 3.26. The van der Waals surface area contributed by atoms with Gasteiger partial charge in [-0.3, -0.25) is 9.69 Å². The number of hydrogen-bond donors (Lipinski definition) is 1. The van der Waals surface area contributed by atoms with E-state index in [1.54, 1.807) is 11.3 Å². The molecule has 0 saturated carbocycles. The van der Waals surface area contributed by atoms with E-state index in [2.05, 4.69) is 45.0 Å². The zero-order valence-electron chi connectivity index (χ0n) is 14.3. The van der Waals surface area contributed by atoms with E-state index in [0.29, 0.717) is 18.3 Å². The topological polar surface area (TPSA) is 71.3 Å². The molecule has 3 aromatic rings. The molecule has 1 N–H and O–H groups in total. The Bertz CT molecular complexity index is 851. The first kappa shape index (κ1) is 19.0. The Balaban J connectivity index is 1.61. The van der Waals surface area contributed by atoms with Crippen molar-refractivity contribution in [3.05, 3.63) is 51.2 Å². The summed E-state index contributed by atoms with van der Waals surface area (Å²) in [6.45, 7) is 3.58. The standard InChI is InChI=1S/C18H19IN4O2S/c1-2-8-23(11-16(24)20-14-6-3-5-13(19)10-14)12-17-21-22-18(25-17)15-7-4-9-26-15/h3-7,9-10H,2,8,11-12H2,1H3,(H,20,24). The predicted octanol–water partition coefficient (Wildman–Crippen LogP) is 4.25. The van der Waals surface area contributed by atoms with Gasteiger partial charge in [0.05, 0.1) is 18.0 Å².